The van der Waals surface area contributed by atoms with E-state index >= 15 is 0 Å². The summed E-state index contributed by atoms with van der Waals surface area (Å²) >= 11 is 2.17. The summed E-state index contributed by atoms with van der Waals surface area (Å²) in [6.07, 6.45) is 0. The highest BCUT2D eigenvalue weighted by molar-refractivity contribution is 14.1. The number of halogens is 1. The van der Waals surface area contributed by atoms with E-state index in [1.54, 1.807) is 0 Å². The van der Waals surface area contributed by atoms with Crippen molar-refractivity contribution in [2.45, 2.75) is 0 Å². The van der Waals surface area contributed by atoms with Gasteiger partial charge in [-0.15, -0.1) is 5.10 Å². The van der Waals surface area contributed by atoms with Gasteiger partial charge in [-0.25, -0.2) is 0 Å². The monoisotopic (exact) mass is 311 g/mol. The molecule has 1 aromatic carbocycles. The summed E-state index contributed by atoms with van der Waals surface area (Å²) in [5.41, 5.74) is 6.70. The van der Waals surface area contributed by atoms with Gasteiger partial charge in [-0.3, -0.25) is 0 Å². The van der Waals surface area contributed by atoms with Crippen molar-refractivity contribution < 1.29 is 0 Å². The predicted octanol–water partition coefficient (Wildman–Crippen LogP) is 1.33. The number of para-hydroxylation sites is 1. The lowest BCUT2D eigenvalue weighted by molar-refractivity contribution is 0.805. The molecule has 5 nitrogen and oxygen atoms in total. The highest BCUT2D eigenvalue weighted by Crippen LogP contribution is 2.19. The first-order chi connectivity index (χ1) is 7.24. The van der Waals surface area contributed by atoms with Gasteiger partial charge in [-0.2, -0.15) is 9.94 Å². The van der Waals surface area contributed by atoms with Crippen LogP contribution in [0.25, 0.3) is 5.69 Å². The number of nitriles is 1. The lowest BCUT2D eigenvalue weighted by atomic mass is 10.3. The predicted molar refractivity (Wildman–Crippen MR) is 63.2 cm³/mol. The Bertz CT molecular complexity index is 540. The second-order valence-electron chi connectivity index (χ2n) is 2.80. The molecule has 0 unspecified atom stereocenters. The molecule has 0 fully saturated rings. The van der Waals surface area contributed by atoms with Crippen molar-refractivity contribution in [1.29, 1.82) is 5.26 Å². The molecule has 0 aliphatic heterocycles. The zero-order chi connectivity index (χ0) is 10.8. The minimum absolute atomic E-state index is 0.148. The first kappa shape index (κ1) is 9.92. The van der Waals surface area contributed by atoms with Crippen LogP contribution in [-0.4, -0.2) is 15.0 Å². The Morgan fingerprint density at radius 1 is 1.40 bits per heavy atom. The minimum Gasteiger partial charge on any atom is -0.381 e. The quantitative estimate of drug-likeness (QED) is 0.806. The molecule has 0 amide bonds. The Hall–Kier alpha value is -1.62. The van der Waals surface area contributed by atoms with Crippen LogP contribution in [0.4, 0.5) is 5.82 Å². The third-order valence-corrected chi connectivity index (χ3v) is 2.80. The van der Waals surface area contributed by atoms with E-state index in [0.29, 0.717) is 0 Å². The topological polar surface area (TPSA) is 80.5 Å². The average molecular weight is 311 g/mol. The number of hydrogen-bond acceptors (Lipinski definition) is 4. The third-order valence-electron chi connectivity index (χ3n) is 1.89. The lowest BCUT2D eigenvalue weighted by Crippen LogP contribution is -2.04. The number of aromatic nitrogens is 3. The van der Waals surface area contributed by atoms with Crippen molar-refractivity contribution in [1.82, 2.24) is 15.0 Å². The number of nitrogen functional groups attached to an aromatic ring is 1. The fourth-order valence-electron chi connectivity index (χ4n) is 1.17. The van der Waals surface area contributed by atoms with E-state index in [1.807, 2.05) is 30.3 Å². The van der Waals surface area contributed by atoms with Crippen molar-refractivity contribution in [2.24, 2.45) is 0 Å². The van der Waals surface area contributed by atoms with Crippen LogP contribution in [-0.2, 0) is 0 Å². The van der Waals surface area contributed by atoms with Crippen molar-refractivity contribution in [3.05, 3.63) is 33.5 Å². The summed E-state index contributed by atoms with van der Waals surface area (Å²) in [4.78, 5) is 0. The van der Waals surface area contributed by atoms with Crippen LogP contribution >= 0.6 is 22.6 Å². The van der Waals surface area contributed by atoms with Crippen LogP contribution in [0.15, 0.2) is 24.3 Å². The van der Waals surface area contributed by atoms with Gasteiger partial charge in [0.05, 0.1) is 5.69 Å². The number of nitrogens with two attached hydrogens (primary N) is 1. The van der Waals surface area contributed by atoms with E-state index in [9.17, 15) is 0 Å². The number of rotatable bonds is 1. The standard InChI is InChI=1S/C9H6IN5/c10-6-3-1-2-4-8(6)15-9(12)7(5-11)13-14-15/h1-4H,12H2. The van der Waals surface area contributed by atoms with Gasteiger partial charge in [0.15, 0.2) is 5.82 Å². The first-order valence-corrected chi connectivity index (χ1v) is 5.18. The van der Waals surface area contributed by atoms with Crippen LogP contribution in [0.1, 0.15) is 5.69 Å². The fraction of sp³-hybridized carbons (Fsp3) is 0. The number of hydrogen-bond donors (Lipinski definition) is 1. The summed E-state index contributed by atoms with van der Waals surface area (Å²) in [7, 11) is 0. The van der Waals surface area contributed by atoms with E-state index in [-0.39, 0.29) is 11.5 Å². The van der Waals surface area contributed by atoms with E-state index in [1.165, 1.54) is 4.68 Å². The minimum atomic E-state index is 0.148. The lowest BCUT2D eigenvalue weighted by Gasteiger charge is -2.04. The number of benzene rings is 1. The van der Waals surface area contributed by atoms with Crippen molar-refractivity contribution in [2.75, 3.05) is 5.73 Å². The van der Waals surface area contributed by atoms with E-state index in [2.05, 4.69) is 32.9 Å². The van der Waals surface area contributed by atoms with Crippen molar-refractivity contribution >= 4 is 28.4 Å². The molecule has 2 rings (SSSR count). The van der Waals surface area contributed by atoms with Gasteiger partial charge in [0.25, 0.3) is 0 Å². The third kappa shape index (κ3) is 1.66. The molecule has 1 heterocycles. The molecule has 0 aliphatic carbocycles. The highest BCUT2D eigenvalue weighted by Gasteiger charge is 2.11. The van der Waals surface area contributed by atoms with Crippen LogP contribution in [0.5, 0.6) is 0 Å². The SMILES string of the molecule is N#Cc1nnn(-c2ccccc2I)c1N. The largest absolute Gasteiger partial charge is 0.381 e. The average Bonchev–Trinajstić information content (AvgIpc) is 2.60. The number of nitrogens with zero attached hydrogens (tertiary/aromatic N) is 4. The van der Waals surface area contributed by atoms with E-state index in [0.717, 1.165) is 9.26 Å². The van der Waals surface area contributed by atoms with Crippen molar-refractivity contribution in [3.8, 4) is 11.8 Å². The van der Waals surface area contributed by atoms with Gasteiger partial charge in [0.1, 0.15) is 6.07 Å². The molecule has 74 valence electrons. The van der Waals surface area contributed by atoms with Crippen molar-refractivity contribution in [3.63, 3.8) is 0 Å². The molecule has 15 heavy (non-hydrogen) atoms. The van der Waals surface area contributed by atoms with Gasteiger partial charge in [-0.05, 0) is 34.7 Å². The molecule has 6 heteroatoms. The van der Waals surface area contributed by atoms with Gasteiger partial charge >= 0.3 is 0 Å². The van der Waals surface area contributed by atoms with Crippen LogP contribution < -0.4 is 5.73 Å². The van der Waals surface area contributed by atoms with Gasteiger partial charge in [0, 0.05) is 3.57 Å². The zero-order valence-electron chi connectivity index (χ0n) is 7.55. The van der Waals surface area contributed by atoms with E-state index in [4.69, 9.17) is 11.0 Å². The maximum absolute atomic E-state index is 8.70. The summed E-state index contributed by atoms with van der Waals surface area (Å²) in [6, 6.07) is 9.49. The summed E-state index contributed by atoms with van der Waals surface area (Å²) in [6.45, 7) is 0. The molecule has 0 saturated carbocycles. The number of anilines is 1. The molecule has 0 saturated heterocycles. The molecule has 1 aromatic heterocycles. The molecule has 2 N–H and O–H groups in total. The molecule has 0 bridgehead atoms. The molecule has 0 aliphatic rings. The van der Waals surface area contributed by atoms with Crippen LogP contribution in [0.2, 0.25) is 0 Å². The summed E-state index contributed by atoms with van der Waals surface area (Å²) < 4.78 is 2.46. The van der Waals surface area contributed by atoms with E-state index < -0.39 is 0 Å². The fourth-order valence-corrected chi connectivity index (χ4v) is 1.79. The maximum atomic E-state index is 8.70. The Balaban J connectivity index is 2.61. The Kier molecular flexibility index (Phi) is 2.55. The smallest absolute Gasteiger partial charge is 0.206 e. The highest BCUT2D eigenvalue weighted by atomic mass is 127. The van der Waals surface area contributed by atoms with Crippen LogP contribution in [0, 0.1) is 14.9 Å². The zero-order valence-corrected chi connectivity index (χ0v) is 9.71. The second-order valence-corrected chi connectivity index (χ2v) is 3.96. The molecular weight excluding hydrogens is 305 g/mol. The Morgan fingerprint density at radius 3 is 2.73 bits per heavy atom. The summed E-state index contributed by atoms with van der Waals surface area (Å²) in [5, 5.41) is 16.2. The van der Waals surface area contributed by atoms with Gasteiger partial charge in [-0.1, -0.05) is 17.3 Å². The second kappa shape index (κ2) is 3.86. The Morgan fingerprint density at radius 2 is 2.13 bits per heavy atom. The maximum Gasteiger partial charge on any atom is 0.206 e. The first-order valence-electron chi connectivity index (χ1n) is 4.10. The molecule has 0 spiro atoms. The molecule has 0 radical (unpaired) electrons. The van der Waals surface area contributed by atoms with Gasteiger partial charge in [0.2, 0.25) is 5.69 Å². The summed E-state index contributed by atoms with van der Waals surface area (Å²) in [5.74, 6) is 0.265. The molecule has 0 atom stereocenters. The molecular formula is C9H6IN5. The normalized spacial score (nSPS) is 9.87. The Labute approximate surface area is 99.6 Å². The molecule has 2 aromatic rings. The van der Waals surface area contributed by atoms with Crippen LogP contribution in [0.3, 0.4) is 0 Å². The van der Waals surface area contributed by atoms with Gasteiger partial charge < -0.3 is 5.73 Å².